The van der Waals surface area contributed by atoms with Crippen LogP contribution in [0.3, 0.4) is 0 Å². The number of piperazine rings is 1. The molecular formula is C9H16ClN5. The molecule has 1 aromatic heterocycles. The van der Waals surface area contributed by atoms with Crippen LogP contribution < -0.4 is 10.6 Å². The second kappa shape index (κ2) is 5.14. The Morgan fingerprint density at radius 1 is 1.13 bits per heavy atom. The molecule has 1 aromatic rings. The number of hydrogen-bond donors (Lipinski definition) is 1. The minimum atomic E-state index is 0. The van der Waals surface area contributed by atoms with Gasteiger partial charge in [-0.1, -0.05) is 0 Å². The van der Waals surface area contributed by atoms with Crippen molar-refractivity contribution >= 4 is 24.0 Å². The van der Waals surface area contributed by atoms with Crippen molar-refractivity contribution in [2.45, 2.75) is 0 Å². The van der Waals surface area contributed by atoms with Crippen LogP contribution in [0.2, 0.25) is 0 Å². The van der Waals surface area contributed by atoms with E-state index in [2.05, 4.69) is 27.0 Å². The van der Waals surface area contributed by atoms with Gasteiger partial charge in [-0.3, -0.25) is 0 Å². The van der Waals surface area contributed by atoms with Crippen LogP contribution in [-0.2, 0) is 0 Å². The van der Waals surface area contributed by atoms with Gasteiger partial charge >= 0.3 is 0 Å². The van der Waals surface area contributed by atoms with Gasteiger partial charge in [0.05, 0.1) is 0 Å². The van der Waals surface area contributed by atoms with Crippen LogP contribution >= 0.6 is 12.4 Å². The maximum absolute atomic E-state index is 5.48. The first-order valence-corrected chi connectivity index (χ1v) is 4.78. The zero-order valence-electron chi connectivity index (χ0n) is 8.76. The summed E-state index contributed by atoms with van der Waals surface area (Å²) in [6.45, 7) is 4.17. The first-order chi connectivity index (χ1) is 6.75. The van der Waals surface area contributed by atoms with E-state index in [1.807, 2.05) is 6.07 Å². The molecule has 2 heterocycles. The first-order valence-electron chi connectivity index (χ1n) is 4.78. The number of likely N-dealkylation sites (N-methyl/N-ethyl adjacent to an activating group) is 1. The van der Waals surface area contributed by atoms with Crippen LogP contribution in [-0.4, -0.2) is 48.3 Å². The van der Waals surface area contributed by atoms with Gasteiger partial charge in [-0.2, -0.15) is 0 Å². The normalized spacial score (nSPS) is 17.3. The molecule has 15 heavy (non-hydrogen) atoms. The van der Waals surface area contributed by atoms with Crippen molar-refractivity contribution in [1.29, 1.82) is 0 Å². The van der Waals surface area contributed by atoms with Crippen molar-refractivity contribution in [2.75, 3.05) is 43.9 Å². The molecule has 0 aliphatic carbocycles. The molecule has 0 unspecified atom stereocenters. The van der Waals surface area contributed by atoms with Crippen LogP contribution in [0.1, 0.15) is 0 Å². The molecule has 5 nitrogen and oxygen atoms in total. The highest BCUT2D eigenvalue weighted by Crippen LogP contribution is 2.12. The van der Waals surface area contributed by atoms with E-state index >= 15 is 0 Å². The number of halogens is 1. The molecule has 0 radical (unpaired) electrons. The molecule has 84 valence electrons. The number of rotatable bonds is 1. The lowest BCUT2D eigenvalue weighted by molar-refractivity contribution is 0.312. The predicted molar refractivity (Wildman–Crippen MR) is 63.4 cm³/mol. The molecule has 0 aromatic carbocycles. The standard InChI is InChI=1S/C9H15N5.ClH/c1-13-4-6-14(7-5-13)9-3-2-8(10)11-12-9;/h2-3H,4-7H2,1H3,(H2,10,11);1H. The summed E-state index contributed by atoms with van der Waals surface area (Å²) in [5.74, 6) is 1.40. The maximum Gasteiger partial charge on any atom is 0.151 e. The van der Waals surface area contributed by atoms with E-state index in [1.165, 1.54) is 0 Å². The summed E-state index contributed by atoms with van der Waals surface area (Å²) in [5, 5.41) is 7.91. The summed E-state index contributed by atoms with van der Waals surface area (Å²) < 4.78 is 0. The first kappa shape index (κ1) is 12.0. The third-order valence-corrected chi connectivity index (χ3v) is 2.50. The lowest BCUT2D eigenvalue weighted by atomic mass is 10.3. The van der Waals surface area contributed by atoms with Crippen molar-refractivity contribution in [2.24, 2.45) is 0 Å². The van der Waals surface area contributed by atoms with E-state index in [4.69, 9.17) is 5.73 Å². The Hall–Kier alpha value is -1.07. The minimum Gasteiger partial charge on any atom is -0.382 e. The summed E-state index contributed by atoms with van der Waals surface area (Å²) in [6.07, 6.45) is 0. The van der Waals surface area contributed by atoms with E-state index in [1.54, 1.807) is 6.07 Å². The van der Waals surface area contributed by atoms with Gasteiger partial charge < -0.3 is 15.5 Å². The molecule has 2 rings (SSSR count). The van der Waals surface area contributed by atoms with Crippen LogP contribution in [0.25, 0.3) is 0 Å². The van der Waals surface area contributed by atoms with E-state index in [-0.39, 0.29) is 12.4 Å². The maximum atomic E-state index is 5.48. The fourth-order valence-electron chi connectivity index (χ4n) is 1.54. The van der Waals surface area contributed by atoms with Crippen molar-refractivity contribution < 1.29 is 0 Å². The third-order valence-electron chi connectivity index (χ3n) is 2.50. The summed E-state index contributed by atoms with van der Waals surface area (Å²) in [4.78, 5) is 4.54. The SMILES string of the molecule is CN1CCN(c2ccc(N)nn2)CC1.Cl. The van der Waals surface area contributed by atoms with Gasteiger partial charge in [0, 0.05) is 26.2 Å². The topological polar surface area (TPSA) is 58.3 Å². The second-order valence-electron chi connectivity index (χ2n) is 3.61. The highest BCUT2D eigenvalue weighted by molar-refractivity contribution is 5.85. The minimum absolute atomic E-state index is 0. The summed E-state index contributed by atoms with van der Waals surface area (Å²) in [5.41, 5.74) is 5.48. The Labute approximate surface area is 95.7 Å². The molecule has 1 fully saturated rings. The summed E-state index contributed by atoms with van der Waals surface area (Å²) in [7, 11) is 2.13. The summed E-state index contributed by atoms with van der Waals surface area (Å²) >= 11 is 0. The molecule has 6 heteroatoms. The quantitative estimate of drug-likeness (QED) is 0.747. The van der Waals surface area contributed by atoms with Crippen LogP contribution in [0.4, 0.5) is 11.6 Å². The Balaban J connectivity index is 0.00000112. The Morgan fingerprint density at radius 3 is 2.33 bits per heavy atom. The predicted octanol–water partition coefficient (Wildman–Crippen LogP) is 0.232. The van der Waals surface area contributed by atoms with E-state index in [0.29, 0.717) is 5.82 Å². The van der Waals surface area contributed by atoms with Gasteiger partial charge in [0.2, 0.25) is 0 Å². The zero-order chi connectivity index (χ0) is 9.97. The van der Waals surface area contributed by atoms with Gasteiger partial charge in [0.15, 0.2) is 5.82 Å². The average Bonchev–Trinajstić information content (AvgIpc) is 2.21. The molecule has 1 aliphatic rings. The van der Waals surface area contributed by atoms with Gasteiger partial charge in [-0.25, -0.2) is 0 Å². The monoisotopic (exact) mass is 229 g/mol. The average molecular weight is 230 g/mol. The lowest BCUT2D eigenvalue weighted by Crippen LogP contribution is -2.44. The van der Waals surface area contributed by atoms with Gasteiger partial charge in [0.1, 0.15) is 5.82 Å². The summed E-state index contributed by atoms with van der Waals surface area (Å²) in [6, 6.07) is 3.72. The van der Waals surface area contributed by atoms with Gasteiger partial charge in [-0.15, -0.1) is 22.6 Å². The number of aromatic nitrogens is 2. The molecule has 0 saturated carbocycles. The fourth-order valence-corrected chi connectivity index (χ4v) is 1.54. The molecule has 0 amide bonds. The fraction of sp³-hybridized carbons (Fsp3) is 0.556. The van der Waals surface area contributed by atoms with Crippen LogP contribution in [0, 0.1) is 0 Å². The van der Waals surface area contributed by atoms with Gasteiger partial charge in [0.25, 0.3) is 0 Å². The molecule has 2 N–H and O–H groups in total. The third kappa shape index (κ3) is 2.94. The van der Waals surface area contributed by atoms with Gasteiger partial charge in [-0.05, 0) is 19.2 Å². The Kier molecular flexibility index (Phi) is 4.11. The van der Waals surface area contributed by atoms with E-state index in [0.717, 1.165) is 32.0 Å². The highest BCUT2D eigenvalue weighted by Gasteiger charge is 2.14. The largest absolute Gasteiger partial charge is 0.382 e. The molecule has 0 bridgehead atoms. The second-order valence-corrected chi connectivity index (χ2v) is 3.61. The highest BCUT2D eigenvalue weighted by atomic mass is 35.5. The molecule has 0 atom stereocenters. The number of anilines is 2. The smallest absolute Gasteiger partial charge is 0.151 e. The lowest BCUT2D eigenvalue weighted by Gasteiger charge is -2.32. The number of nitrogens with zero attached hydrogens (tertiary/aromatic N) is 4. The van der Waals surface area contributed by atoms with Crippen molar-refractivity contribution in [3.63, 3.8) is 0 Å². The number of nitrogens with two attached hydrogens (primary N) is 1. The van der Waals surface area contributed by atoms with E-state index in [9.17, 15) is 0 Å². The zero-order valence-corrected chi connectivity index (χ0v) is 9.57. The molecule has 1 aliphatic heterocycles. The molecule has 1 saturated heterocycles. The Morgan fingerprint density at radius 2 is 1.80 bits per heavy atom. The van der Waals surface area contributed by atoms with Crippen LogP contribution in [0.5, 0.6) is 0 Å². The molecular weight excluding hydrogens is 214 g/mol. The van der Waals surface area contributed by atoms with Crippen molar-refractivity contribution in [1.82, 2.24) is 15.1 Å². The number of hydrogen-bond acceptors (Lipinski definition) is 5. The van der Waals surface area contributed by atoms with Crippen LogP contribution in [0.15, 0.2) is 12.1 Å². The Bertz CT molecular complexity index is 294. The van der Waals surface area contributed by atoms with Crippen molar-refractivity contribution in [3.05, 3.63) is 12.1 Å². The van der Waals surface area contributed by atoms with Crippen molar-refractivity contribution in [3.8, 4) is 0 Å². The van der Waals surface area contributed by atoms with E-state index < -0.39 is 0 Å². The molecule has 0 spiro atoms. The number of nitrogen functional groups attached to an aromatic ring is 1.